The van der Waals surface area contributed by atoms with Gasteiger partial charge in [-0.3, -0.25) is 9.78 Å². The maximum atomic E-state index is 11.5. The van der Waals surface area contributed by atoms with Crippen LogP contribution in [-0.4, -0.2) is 19.5 Å². The van der Waals surface area contributed by atoms with Crippen LogP contribution in [0.2, 0.25) is 0 Å². The van der Waals surface area contributed by atoms with Crippen LogP contribution in [0.3, 0.4) is 0 Å². The van der Waals surface area contributed by atoms with Gasteiger partial charge in [0, 0.05) is 6.04 Å². The Bertz CT molecular complexity index is 570. The van der Waals surface area contributed by atoms with Crippen molar-refractivity contribution in [3.8, 4) is 0 Å². The minimum absolute atomic E-state index is 0.0989. The Labute approximate surface area is 93.7 Å². The maximum absolute atomic E-state index is 11.5. The lowest BCUT2D eigenvalue weighted by Gasteiger charge is -2.08. The predicted molar refractivity (Wildman–Crippen MR) is 60.6 cm³/mol. The number of anilines is 1. The highest BCUT2D eigenvalue weighted by Crippen LogP contribution is 2.21. The van der Waals surface area contributed by atoms with Crippen molar-refractivity contribution in [2.24, 2.45) is 0 Å². The molecule has 0 spiro atoms. The molecule has 80 valence electrons. The number of H-pyrrole nitrogens is 1. The summed E-state index contributed by atoms with van der Waals surface area (Å²) in [5, 5.41) is 0. The third-order valence-corrected chi connectivity index (χ3v) is 2.60. The normalized spacial score (nSPS) is 11.5. The highest BCUT2D eigenvalue weighted by molar-refractivity contribution is 9.10. The summed E-state index contributed by atoms with van der Waals surface area (Å²) in [7, 11) is 0. The molecule has 0 radical (unpaired) electrons. The summed E-state index contributed by atoms with van der Waals surface area (Å²) in [6, 6.07) is 0.151. The fourth-order valence-electron chi connectivity index (χ4n) is 1.43. The number of fused-ring (bicyclic) bond motifs is 1. The molecule has 2 heterocycles. The van der Waals surface area contributed by atoms with Gasteiger partial charge in [0.25, 0.3) is 5.56 Å². The lowest BCUT2D eigenvalue weighted by atomic mass is 10.4. The first kappa shape index (κ1) is 10.2. The predicted octanol–water partition coefficient (Wildman–Crippen LogP) is 1.05. The molecular formula is C8H10BrN5O. The van der Waals surface area contributed by atoms with Gasteiger partial charge < -0.3 is 10.3 Å². The van der Waals surface area contributed by atoms with Crippen molar-refractivity contribution in [2.75, 3.05) is 5.73 Å². The fourth-order valence-corrected chi connectivity index (χ4v) is 2.19. The van der Waals surface area contributed by atoms with E-state index in [2.05, 4.69) is 30.9 Å². The van der Waals surface area contributed by atoms with E-state index in [4.69, 9.17) is 5.73 Å². The molecule has 0 atom stereocenters. The Morgan fingerprint density at radius 1 is 1.47 bits per heavy atom. The number of halogens is 1. The van der Waals surface area contributed by atoms with Crippen LogP contribution in [0.15, 0.2) is 9.53 Å². The molecule has 15 heavy (non-hydrogen) atoms. The van der Waals surface area contributed by atoms with Gasteiger partial charge in [-0.05, 0) is 29.8 Å². The lowest BCUT2D eigenvalue weighted by molar-refractivity contribution is 0.600. The number of nitrogens with one attached hydrogen (secondary N) is 1. The van der Waals surface area contributed by atoms with Crippen molar-refractivity contribution in [1.29, 1.82) is 0 Å². The minimum Gasteiger partial charge on any atom is -0.369 e. The molecule has 3 N–H and O–H groups in total. The van der Waals surface area contributed by atoms with E-state index in [0.717, 1.165) is 0 Å². The summed E-state index contributed by atoms with van der Waals surface area (Å²) in [4.78, 5) is 22.1. The fraction of sp³-hybridized carbons (Fsp3) is 0.375. The average molecular weight is 272 g/mol. The summed E-state index contributed by atoms with van der Waals surface area (Å²) in [6.07, 6.45) is 0. The number of nitrogen functional groups attached to an aromatic ring is 1. The van der Waals surface area contributed by atoms with Crippen LogP contribution in [0.25, 0.3) is 11.2 Å². The van der Waals surface area contributed by atoms with Crippen molar-refractivity contribution < 1.29 is 0 Å². The molecule has 7 heteroatoms. The third-order valence-electron chi connectivity index (χ3n) is 2.04. The van der Waals surface area contributed by atoms with Gasteiger partial charge in [-0.2, -0.15) is 4.98 Å². The zero-order chi connectivity index (χ0) is 11.2. The van der Waals surface area contributed by atoms with Gasteiger partial charge in [0.2, 0.25) is 5.95 Å². The third kappa shape index (κ3) is 1.52. The summed E-state index contributed by atoms with van der Waals surface area (Å²) >= 11 is 3.29. The van der Waals surface area contributed by atoms with E-state index < -0.39 is 0 Å². The maximum Gasteiger partial charge on any atom is 0.280 e. The number of aromatic amines is 1. The summed E-state index contributed by atoms with van der Waals surface area (Å²) < 4.78 is 2.39. The molecule has 0 aliphatic carbocycles. The average Bonchev–Trinajstić information content (AvgIpc) is 2.41. The lowest BCUT2D eigenvalue weighted by Crippen LogP contribution is -2.12. The summed E-state index contributed by atoms with van der Waals surface area (Å²) in [5.74, 6) is 0.0989. The molecule has 2 rings (SSSR count). The second kappa shape index (κ2) is 3.34. The number of imidazole rings is 1. The Hall–Kier alpha value is -1.37. The van der Waals surface area contributed by atoms with E-state index in [1.54, 1.807) is 4.57 Å². The summed E-state index contributed by atoms with van der Waals surface area (Å²) in [6.45, 7) is 3.95. The first-order valence-corrected chi connectivity index (χ1v) is 5.23. The number of nitrogens with zero attached hydrogens (tertiary/aromatic N) is 3. The standard InChI is InChI=1S/C8H10BrN5O/c1-3(2)14-5-4(11-7(14)9)6(15)13-8(10)12-5/h3H,1-2H3,(H3,10,12,13,15). The van der Waals surface area contributed by atoms with Crippen LogP contribution < -0.4 is 11.3 Å². The zero-order valence-electron chi connectivity index (χ0n) is 8.28. The number of hydrogen-bond acceptors (Lipinski definition) is 4. The monoisotopic (exact) mass is 271 g/mol. The van der Waals surface area contributed by atoms with E-state index in [1.165, 1.54) is 0 Å². The Kier molecular flexibility index (Phi) is 2.26. The molecule has 0 fully saturated rings. The van der Waals surface area contributed by atoms with Gasteiger partial charge in [-0.15, -0.1) is 0 Å². The Balaban J connectivity index is 2.93. The first-order chi connectivity index (χ1) is 7.00. The first-order valence-electron chi connectivity index (χ1n) is 4.44. The Morgan fingerprint density at radius 2 is 2.13 bits per heavy atom. The van der Waals surface area contributed by atoms with Crippen LogP contribution in [-0.2, 0) is 0 Å². The van der Waals surface area contributed by atoms with E-state index in [0.29, 0.717) is 15.9 Å². The zero-order valence-corrected chi connectivity index (χ0v) is 9.87. The van der Waals surface area contributed by atoms with Crippen LogP contribution in [0.5, 0.6) is 0 Å². The molecule has 2 aromatic rings. The Morgan fingerprint density at radius 3 is 2.73 bits per heavy atom. The van der Waals surface area contributed by atoms with Crippen LogP contribution in [0, 0.1) is 0 Å². The van der Waals surface area contributed by atoms with Crippen LogP contribution in [0.4, 0.5) is 5.95 Å². The molecule has 6 nitrogen and oxygen atoms in total. The van der Waals surface area contributed by atoms with E-state index >= 15 is 0 Å². The molecule has 0 saturated heterocycles. The topological polar surface area (TPSA) is 89.6 Å². The minimum atomic E-state index is -0.322. The van der Waals surface area contributed by atoms with Crippen molar-refractivity contribution >= 4 is 33.0 Å². The van der Waals surface area contributed by atoms with E-state index in [1.807, 2.05) is 13.8 Å². The second-order valence-electron chi connectivity index (χ2n) is 3.47. The van der Waals surface area contributed by atoms with Crippen molar-refractivity contribution in [3.63, 3.8) is 0 Å². The number of rotatable bonds is 1. The van der Waals surface area contributed by atoms with Gasteiger partial charge in [0.1, 0.15) is 0 Å². The SMILES string of the molecule is CC(C)n1c(Br)nc2c(=O)[nH]c(N)nc21. The van der Waals surface area contributed by atoms with Gasteiger partial charge in [0.15, 0.2) is 15.9 Å². The van der Waals surface area contributed by atoms with Crippen molar-refractivity contribution in [3.05, 3.63) is 15.1 Å². The number of hydrogen-bond donors (Lipinski definition) is 2. The van der Waals surface area contributed by atoms with Gasteiger partial charge in [-0.25, -0.2) is 4.98 Å². The number of nitrogens with two attached hydrogens (primary N) is 1. The van der Waals surface area contributed by atoms with Crippen molar-refractivity contribution in [1.82, 2.24) is 19.5 Å². The summed E-state index contributed by atoms with van der Waals surface area (Å²) in [5.41, 5.74) is 5.95. The quantitative estimate of drug-likeness (QED) is 0.759. The smallest absolute Gasteiger partial charge is 0.280 e. The van der Waals surface area contributed by atoms with Crippen molar-refractivity contribution in [2.45, 2.75) is 19.9 Å². The molecule has 0 unspecified atom stereocenters. The second-order valence-corrected chi connectivity index (χ2v) is 4.18. The van der Waals surface area contributed by atoms with Gasteiger partial charge in [-0.1, -0.05) is 0 Å². The molecular weight excluding hydrogens is 262 g/mol. The van der Waals surface area contributed by atoms with Crippen LogP contribution >= 0.6 is 15.9 Å². The highest BCUT2D eigenvalue weighted by Gasteiger charge is 2.15. The molecule has 0 aromatic carbocycles. The molecule has 0 aliphatic rings. The molecule has 0 amide bonds. The van der Waals surface area contributed by atoms with Gasteiger partial charge >= 0.3 is 0 Å². The van der Waals surface area contributed by atoms with Gasteiger partial charge in [0.05, 0.1) is 0 Å². The van der Waals surface area contributed by atoms with E-state index in [-0.39, 0.29) is 17.5 Å². The number of aromatic nitrogens is 4. The molecule has 0 saturated carbocycles. The molecule has 2 aromatic heterocycles. The molecule has 0 bridgehead atoms. The van der Waals surface area contributed by atoms with Crippen LogP contribution in [0.1, 0.15) is 19.9 Å². The van der Waals surface area contributed by atoms with E-state index in [9.17, 15) is 4.79 Å². The highest BCUT2D eigenvalue weighted by atomic mass is 79.9. The largest absolute Gasteiger partial charge is 0.369 e. The molecule has 0 aliphatic heterocycles.